The Morgan fingerprint density at radius 1 is 1.00 bits per heavy atom. The lowest BCUT2D eigenvalue weighted by Gasteiger charge is -2.33. The first-order valence-electron chi connectivity index (χ1n) is 9.65. The first kappa shape index (κ1) is 18.6. The Morgan fingerprint density at radius 3 is 2.25 bits per heavy atom. The standard InChI is InChI=1S/C20H24FN5O2/c21-16-1-3-17(4-2-16)24-20(27)15-5-7-25(8-6-15)18-13-19(23-14-22-18)26-9-11-28-12-10-26/h1-4,13-15H,5-12H2,(H,24,27). The second-order valence-corrected chi connectivity index (χ2v) is 7.09. The molecular weight excluding hydrogens is 361 g/mol. The van der Waals surface area contributed by atoms with Crippen molar-refractivity contribution in [1.29, 1.82) is 0 Å². The number of carbonyl (C=O) groups excluding carboxylic acids is 1. The molecule has 1 N–H and O–H groups in total. The molecule has 1 amide bonds. The summed E-state index contributed by atoms with van der Waals surface area (Å²) in [5.74, 6) is 1.44. The third-order valence-electron chi connectivity index (χ3n) is 5.27. The summed E-state index contributed by atoms with van der Waals surface area (Å²) < 4.78 is 18.4. The summed E-state index contributed by atoms with van der Waals surface area (Å²) >= 11 is 0. The molecule has 0 aliphatic carbocycles. The van der Waals surface area contributed by atoms with Crippen molar-refractivity contribution in [2.75, 3.05) is 54.5 Å². The van der Waals surface area contributed by atoms with Crippen LogP contribution in [0, 0.1) is 11.7 Å². The number of hydrogen-bond donors (Lipinski definition) is 1. The molecule has 4 rings (SSSR count). The summed E-state index contributed by atoms with van der Waals surface area (Å²) in [7, 11) is 0. The van der Waals surface area contributed by atoms with Crippen LogP contribution in [-0.2, 0) is 9.53 Å². The van der Waals surface area contributed by atoms with Crippen LogP contribution < -0.4 is 15.1 Å². The van der Waals surface area contributed by atoms with Crippen molar-refractivity contribution in [2.45, 2.75) is 12.8 Å². The molecule has 28 heavy (non-hydrogen) atoms. The Bertz CT molecular complexity index is 802. The van der Waals surface area contributed by atoms with Gasteiger partial charge in [-0.15, -0.1) is 0 Å². The summed E-state index contributed by atoms with van der Waals surface area (Å²) in [6.45, 7) is 4.63. The SMILES string of the molecule is O=C(Nc1ccc(F)cc1)C1CCN(c2cc(N3CCOCC3)ncn2)CC1. The van der Waals surface area contributed by atoms with Gasteiger partial charge in [0, 0.05) is 43.9 Å². The van der Waals surface area contributed by atoms with E-state index in [-0.39, 0.29) is 17.6 Å². The van der Waals surface area contributed by atoms with E-state index in [0.29, 0.717) is 18.9 Å². The summed E-state index contributed by atoms with van der Waals surface area (Å²) in [5, 5.41) is 2.88. The molecular formula is C20H24FN5O2. The van der Waals surface area contributed by atoms with E-state index in [4.69, 9.17) is 4.74 Å². The minimum atomic E-state index is -0.312. The number of anilines is 3. The average Bonchev–Trinajstić information content (AvgIpc) is 2.76. The van der Waals surface area contributed by atoms with Crippen LogP contribution in [0.2, 0.25) is 0 Å². The number of nitrogens with zero attached hydrogens (tertiary/aromatic N) is 4. The summed E-state index contributed by atoms with van der Waals surface area (Å²) in [6.07, 6.45) is 3.11. The van der Waals surface area contributed by atoms with Gasteiger partial charge in [0.2, 0.25) is 5.91 Å². The largest absolute Gasteiger partial charge is 0.378 e. The molecule has 2 fully saturated rings. The molecule has 0 atom stereocenters. The van der Waals surface area contributed by atoms with E-state index >= 15 is 0 Å². The number of rotatable bonds is 4. The van der Waals surface area contributed by atoms with Crippen LogP contribution in [0.15, 0.2) is 36.7 Å². The van der Waals surface area contributed by atoms with Crippen molar-refractivity contribution in [1.82, 2.24) is 9.97 Å². The maximum absolute atomic E-state index is 13.0. The smallest absolute Gasteiger partial charge is 0.227 e. The predicted octanol–water partition coefficient (Wildman–Crippen LogP) is 2.31. The zero-order valence-electron chi connectivity index (χ0n) is 15.7. The van der Waals surface area contributed by atoms with E-state index in [0.717, 1.165) is 50.7 Å². The van der Waals surface area contributed by atoms with Crippen LogP contribution in [-0.4, -0.2) is 55.3 Å². The average molecular weight is 385 g/mol. The topological polar surface area (TPSA) is 70.6 Å². The van der Waals surface area contributed by atoms with E-state index in [2.05, 4.69) is 25.1 Å². The fraction of sp³-hybridized carbons (Fsp3) is 0.450. The first-order valence-corrected chi connectivity index (χ1v) is 9.65. The van der Waals surface area contributed by atoms with Crippen LogP contribution >= 0.6 is 0 Å². The summed E-state index contributed by atoms with van der Waals surface area (Å²) in [4.78, 5) is 25.7. The number of carbonyl (C=O) groups is 1. The van der Waals surface area contributed by atoms with Gasteiger partial charge >= 0.3 is 0 Å². The molecule has 0 spiro atoms. The quantitative estimate of drug-likeness (QED) is 0.871. The fourth-order valence-corrected chi connectivity index (χ4v) is 3.62. The molecule has 3 heterocycles. The molecule has 148 valence electrons. The van der Waals surface area contributed by atoms with Gasteiger partial charge in [-0.25, -0.2) is 14.4 Å². The number of nitrogens with one attached hydrogen (secondary N) is 1. The maximum atomic E-state index is 13.0. The summed E-state index contributed by atoms with van der Waals surface area (Å²) in [6, 6.07) is 7.87. The second-order valence-electron chi connectivity index (χ2n) is 7.09. The fourth-order valence-electron chi connectivity index (χ4n) is 3.62. The van der Waals surface area contributed by atoms with E-state index in [1.807, 2.05) is 6.07 Å². The van der Waals surface area contributed by atoms with E-state index < -0.39 is 0 Å². The van der Waals surface area contributed by atoms with Gasteiger partial charge in [0.1, 0.15) is 23.8 Å². The molecule has 2 aliphatic heterocycles. The van der Waals surface area contributed by atoms with Crippen LogP contribution in [0.5, 0.6) is 0 Å². The molecule has 8 heteroatoms. The van der Waals surface area contributed by atoms with Gasteiger partial charge < -0.3 is 19.9 Å². The van der Waals surface area contributed by atoms with E-state index in [1.165, 1.54) is 12.1 Å². The van der Waals surface area contributed by atoms with Crippen molar-refractivity contribution in [2.24, 2.45) is 5.92 Å². The normalized spacial score (nSPS) is 18.2. The first-order chi connectivity index (χ1) is 13.7. The minimum Gasteiger partial charge on any atom is -0.378 e. The monoisotopic (exact) mass is 385 g/mol. The zero-order chi connectivity index (χ0) is 19.3. The van der Waals surface area contributed by atoms with Gasteiger partial charge in [-0.1, -0.05) is 0 Å². The Hall–Kier alpha value is -2.74. The Balaban J connectivity index is 1.33. The van der Waals surface area contributed by atoms with Crippen LogP contribution in [0.25, 0.3) is 0 Å². The lowest BCUT2D eigenvalue weighted by molar-refractivity contribution is -0.120. The molecule has 2 saturated heterocycles. The highest BCUT2D eigenvalue weighted by molar-refractivity contribution is 5.92. The Morgan fingerprint density at radius 2 is 1.61 bits per heavy atom. The lowest BCUT2D eigenvalue weighted by Crippen LogP contribution is -2.39. The van der Waals surface area contributed by atoms with Crippen LogP contribution in [0.1, 0.15) is 12.8 Å². The third-order valence-corrected chi connectivity index (χ3v) is 5.27. The van der Waals surface area contributed by atoms with Gasteiger partial charge in [0.05, 0.1) is 13.2 Å². The molecule has 0 saturated carbocycles. The highest BCUT2D eigenvalue weighted by Crippen LogP contribution is 2.25. The number of amides is 1. The number of aromatic nitrogens is 2. The molecule has 0 bridgehead atoms. The maximum Gasteiger partial charge on any atom is 0.227 e. The molecule has 0 unspecified atom stereocenters. The van der Waals surface area contributed by atoms with Crippen LogP contribution in [0.4, 0.5) is 21.7 Å². The second kappa shape index (κ2) is 8.52. The number of hydrogen-bond acceptors (Lipinski definition) is 6. The summed E-state index contributed by atoms with van der Waals surface area (Å²) in [5.41, 5.74) is 0.625. The number of piperidine rings is 1. The molecule has 0 radical (unpaired) electrons. The molecule has 7 nitrogen and oxygen atoms in total. The molecule has 2 aromatic rings. The minimum absolute atomic E-state index is 0.0112. The van der Waals surface area contributed by atoms with Crippen molar-refractivity contribution in [3.05, 3.63) is 42.5 Å². The molecule has 2 aliphatic rings. The van der Waals surface area contributed by atoms with Gasteiger partial charge in [-0.2, -0.15) is 0 Å². The molecule has 1 aromatic heterocycles. The lowest BCUT2D eigenvalue weighted by atomic mass is 9.96. The number of ether oxygens (including phenoxy) is 1. The Kier molecular flexibility index (Phi) is 5.66. The van der Waals surface area contributed by atoms with Crippen LogP contribution in [0.3, 0.4) is 0 Å². The van der Waals surface area contributed by atoms with Crippen molar-refractivity contribution < 1.29 is 13.9 Å². The van der Waals surface area contributed by atoms with Crippen molar-refractivity contribution >= 4 is 23.2 Å². The Labute approximate surface area is 163 Å². The predicted molar refractivity (Wildman–Crippen MR) is 105 cm³/mol. The highest BCUT2D eigenvalue weighted by Gasteiger charge is 2.26. The van der Waals surface area contributed by atoms with Crippen molar-refractivity contribution in [3.8, 4) is 0 Å². The number of halogens is 1. The van der Waals surface area contributed by atoms with Gasteiger partial charge in [0.25, 0.3) is 0 Å². The third kappa shape index (κ3) is 4.39. The molecule has 1 aromatic carbocycles. The highest BCUT2D eigenvalue weighted by atomic mass is 19.1. The number of benzene rings is 1. The van der Waals surface area contributed by atoms with E-state index in [9.17, 15) is 9.18 Å². The van der Waals surface area contributed by atoms with Gasteiger partial charge in [-0.3, -0.25) is 4.79 Å². The van der Waals surface area contributed by atoms with E-state index in [1.54, 1.807) is 18.5 Å². The van der Waals surface area contributed by atoms with Gasteiger partial charge in [-0.05, 0) is 37.1 Å². The van der Waals surface area contributed by atoms with Crippen molar-refractivity contribution in [3.63, 3.8) is 0 Å². The van der Waals surface area contributed by atoms with Gasteiger partial charge in [0.15, 0.2) is 0 Å². The zero-order valence-corrected chi connectivity index (χ0v) is 15.7. The number of morpholine rings is 1.